The molecule has 0 bridgehead atoms. The normalized spacial score (nSPS) is 21.9. The van der Waals surface area contributed by atoms with E-state index in [-0.39, 0.29) is 5.41 Å². The van der Waals surface area contributed by atoms with Crippen molar-refractivity contribution in [1.29, 1.82) is 0 Å². The standard InChI is InChI=1S/C16H21F2NO/c17-13-2-1-12(15(18)9-13)10-16(5-7-20-8-6-16)11-19-14-3-4-14/h1-2,9,14,19H,3-8,10-11H2. The first-order valence-electron chi connectivity index (χ1n) is 7.42. The van der Waals surface area contributed by atoms with Gasteiger partial charge in [-0.2, -0.15) is 0 Å². The summed E-state index contributed by atoms with van der Waals surface area (Å²) in [6, 6.07) is 4.56. The zero-order valence-corrected chi connectivity index (χ0v) is 11.6. The molecule has 0 spiro atoms. The number of rotatable bonds is 5. The molecule has 0 aromatic heterocycles. The average molecular weight is 281 g/mol. The molecule has 1 aromatic rings. The van der Waals surface area contributed by atoms with Gasteiger partial charge >= 0.3 is 0 Å². The summed E-state index contributed by atoms with van der Waals surface area (Å²) in [5.74, 6) is -0.939. The molecular weight excluding hydrogens is 260 g/mol. The lowest BCUT2D eigenvalue weighted by atomic mass is 9.75. The first-order valence-corrected chi connectivity index (χ1v) is 7.42. The summed E-state index contributed by atoms with van der Waals surface area (Å²) in [4.78, 5) is 0. The highest BCUT2D eigenvalue weighted by molar-refractivity contribution is 5.20. The molecular formula is C16H21F2NO. The van der Waals surface area contributed by atoms with Crippen LogP contribution in [0.2, 0.25) is 0 Å². The van der Waals surface area contributed by atoms with Gasteiger partial charge in [0.05, 0.1) is 0 Å². The first kappa shape index (κ1) is 14.0. The van der Waals surface area contributed by atoms with Crippen LogP contribution < -0.4 is 5.32 Å². The Morgan fingerprint density at radius 3 is 2.60 bits per heavy atom. The van der Waals surface area contributed by atoms with Crippen LogP contribution in [0.3, 0.4) is 0 Å². The van der Waals surface area contributed by atoms with Crippen molar-refractivity contribution in [2.45, 2.75) is 38.1 Å². The first-order chi connectivity index (χ1) is 9.67. The molecule has 4 heteroatoms. The van der Waals surface area contributed by atoms with E-state index in [4.69, 9.17) is 4.74 Å². The average Bonchev–Trinajstić information content (AvgIpc) is 3.25. The Hall–Kier alpha value is -1.00. The lowest BCUT2D eigenvalue weighted by Gasteiger charge is -2.38. The van der Waals surface area contributed by atoms with Crippen molar-refractivity contribution in [3.05, 3.63) is 35.4 Å². The number of benzene rings is 1. The van der Waals surface area contributed by atoms with Crippen LogP contribution in [0, 0.1) is 17.0 Å². The van der Waals surface area contributed by atoms with Gasteiger partial charge in [-0.3, -0.25) is 0 Å². The number of hydrogen-bond acceptors (Lipinski definition) is 2. The molecule has 2 fully saturated rings. The van der Waals surface area contributed by atoms with Crippen molar-refractivity contribution in [3.63, 3.8) is 0 Å². The van der Waals surface area contributed by atoms with E-state index in [0.717, 1.165) is 38.7 Å². The van der Waals surface area contributed by atoms with Gasteiger partial charge in [0, 0.05) is 31.9 Å². The second kappa shape index (κ2) is 5.78. The number of halogens is 2. The van der Waals surface area contributed by atoms with Crippen LogP contribution in [0.25, 0.3) is 0 Å². The number of hydrogen-bond donors (Lipinski definition) is 1. The Kier molecular flexibility index (Phi) is 4.03. The van der Waals surface area contributed by atoms with Gasteiger partial charge in [0.1, 0.15) is 11.6 Å². The van der Waals surface area contributed by atoms with Gasteiger partial charge in [-0.05, 0) is 49.1 Å². The summed E-state index contributed by atoms with van der Waals surface area (Å²) < 4.78 is 32.4. The van der Waals surface area contributed by atoms with Gasteiger partial charge in [-0.25, -0.2) is 8.78 Å². The van der Waals surface area contributed by atoms with E-state index in [1.54, 1.807) is 6.07 Å². The molecule has 2 aliphatic rings. The minimum absolute atomic E-state index is 0.0412. The maximum atomic E-state index is 13.9. The molecule has 0 radical (unpaired) electrons. The fraction of sp³-hybridized carbons (Fsp3) is 0.625. The molecule has 0 atom stereocenters. The fourth-order valence-corrected chi connectivity index (χ4v) is 2.94. The Labute approximate surface area is 118 Å². The predicted molar refractivity (Wildman–Crippen MR) is 73.6 cm³/mol. The van der Waals surface area contributed by atoms with Gasteiger partial charge in [0.15, 0.2) is 0 Å². The molecule has 0 unspecified atom stereocenters. The van der Waals surface area contributed by atoms with Crippen molar-refractivity contribution in [2.24, 2.45) is 5.41 Å². The Morgan fingerprint density at radius 1 is 1.20 bits per heavy atom. The minimum Gasteiger partial charge on any atom is -0.381 e. The van der Waals surface area contributed by atoms with Gasteiger partial charge < -0.3 is 10.1 Å². The van der Waals surface area contributed by atoms with Crippen LogP contribution in [0.5, 0.6) is 0 Å². The molecule has 1 saturated carbocycles. The third-order valence-corrected chi connectivity index (χ3v) is 4.48. The molecule has 3 rings (SSSR count). The van der Waals surface area contributed by atoms with Gasteiger partial charge in [-0.15, -0.1) is 0 Å². The summed E-state index contributed by atoms with van der Waals surface area (Å²) in [6.07, 6.45) is 5.02. The van der Waals surface area contributed by atoms with E-state index in [2.05, 4.69) is 5.32 Å². The third-order valence-electron chi connectivity index (χ3n) is 4.48. The van der Waals surface area contributed by atoms with E-state index < -0.39 is 11.6 Å². The summed E-state index contributed by atoms with van der Waals surface area (Å²) >= 11 is 0. The minimum atomic E-state index is -0.511. The number of ether oxygens (including phenoxy) is 1. The second-order valence-electron chi connectivity index (χ2n) is 6.18. The topological polar surface area (TPSA) is 21.3 Å². The van der Waals surface area contributed by atoms with E-state index in [0.29, 0.717) is 18.0 Å². The Bertz CT molecular complexity index is 468. The molecule has 1 aliphatic carbocycles. The van der Waals surface area contributed by atoms with E-state index in [1.807, 2.05) is 0 Å². The van der Waals surface area contributed by atoms with Crippen LogP contribution in [0.15, 0.2) is 18.2 Å². The maximum absolute atomic E-state index is 13.9. The summed E-state index contributed by atoms with van der Waals surface area (Å²) in [5, 5.41) is 3.57. The largest absolute Gasteiger partial charge is 0.381 e. The molecule has 2 nitrogen and oxygen atoms in total. The fourth-order valence-electron chi connectivity index (χ4n) is 2.94. The quantitative estimate of drug-likeness (QED) is 0.895. The van der Waals surface area contributed by atoms with Crippen molar-refractivity contribution < 1.29 is 13.5 Å². The third kappa shape index (κ3) is 3.36. The van der Waals surface area contributed by atoms with E-state index >= 15 is 0 Å². The van der Waals surface area contributed by atoms with Crippen LogP contribution in [-0.4, -0.2) is 25.8 Å². The number of nitrogens with one attached hydrogen (secondary N) is 1. The monoisotopic (exact) mass is 281 g/mol. The molecule has 1 N–H and O–H groups in total. The molecule has 20 heavy (non-hydrogen) atoms. The van der Waals surface area contributed by atoms with Crippen LogP contribution in [-0.2, 0) is 11.2 Å². The SMILES string of the molecule is Fc1ccc(CC2(CNC3CC3)CCOCC2)c(F)c1. The smallest absolute Gasteiger partial charge is 0.129 e. The van der Waals surface area contributed by atoms with Crippen molar-refractivity contribution in [1.82, 2.24) is 5.32 Å². The zero-order chi connectivity index (χ0) is 14.0. The summed E-state index contributed by atoms with van der Waals surface area (Å²) in [7, 11) is 0. The zero-order valence-electron chi connectivity index (χ0n) is 11.6. The van der Waals surface area contributed by atoms with Crippen LogP contribution >= 0.6 is 0 Å². The summed E-state index contributed by atoms with van der Waals surface area (Å²) in [6.45, 7) is 2.36. The van der Waals surface area contributed by atoms with E-state index in [9.17, 15) is 8.78 Å². The second-order valence-corrected chi connectivity index (χ2v) is 6.18. The molecule has 1 heterocycles. The van der Waals surface area contributed by atoms with Crippen molar-refractivity contribution in [3.8, 4) is 0 Å². The van der Waals surface area contributed by atoms with E-state index in [1.165, 1.54) is 18.9 Å². The lowest BCUT2D eigenvalue weighted by molar-refractivity contribution is 0.0143. The Morgan fingerprint density at radius 2 is 1.95 bits per heavy atom. The summed E-state index contributed by atoms with van der Waals surface area (Å²) in [5.41, 5.74) is 0.658. The van der Waals surface area contributed by atoms with Gasteiger partial charge in [0.2, 0.25) is 0 Å². The lowest BCUT2D eigenvalue weighted by Crippen LogP contribution is -2.41. The van der Waals surface area contributed by atoms with Gasteiger partial charge in [0.25, 0.3) is 0 Å². The van der Waals surface area contributed by atoms with Crippen LogP contribution in [0.4, 0.5) is 8.78 Å². The maximum Gasteiger partial charge on any atom is 0.129 e. The molecule has 0 amide bonds. The highest BCUT2D eigenvalue weighted by Crippen LogP contribution is 2.35. The van der Waals surface area contributed by atoms with Crippen molar-refractivity contribution >= 4 is 0 Å². The molecule has 1 aromatic carbocycles. The Balaban J connectivity index is 1.73. The predicted octanol–water partition coefficient (Wildman–Crippen LogP) is 3.06. The molecule has 1 saturated heterocycles. The molecule has 110 valence electrons. The highest BCUT2D eigenvalue weighted by atomic mass is 19.1. The van der Waals surface area contributed by atoms with Crippen molar-refractivity contribution in [2.75, 3.05) is 19.8 Å². The highest BCUT2D eigenvalue weighted by Gasteiger charge is 2.35. The molecule has 1 aliphatic heterocycles. The van der Waals surface area contributed by atoms with Gasteiger partial charge in [-0.1, -0.05) is 6.07 Å². The van der Waals surface area contributed by atoms with Crippen LogP contribution in [0.1, 0.15) is 31.2 Å².